The summed E-state index contributed by atoms with van der Waals surface area (Å²) < 4.78 is 5.36. The number of rotatable bonds is 10. The number of carbonyl (C=O) groups excluding carboxylic acids is 1. The summed E-state index contributed by atoms with van der Waals surface area (Å²) in [6.07, 6.45) is 0.888. The van der Waals surface area contributed by atoms with Crippen LogP contribution < -0.4 is 10.6 Å². The number of nitrogens with zero attached hydrogens (tertiary/aromatic N) is 2. The summed E-state index contributed by atoms with van der Waals surface area (Å²) in [5.41, 5.74) is 1.27. The van der Waals surface area contributed by atoms with Gasteiger partial charge in [-0.05, 0) is 25.8 Å². The van der Waals surface area contributed by atoms with Crippen LogP contribution in [0, 0.1) is 0 Å². The highest BCUT2D eigenvalue weighted by Gasteiger charge is 2.15. The second-order valence-electron chi connectivity index (χ2n) is 6.56. The third-order valence-electron chi connectivity index (χ3n) is 4.27. The average Bonchev–Trinajstić information content (AvgIpc) is 2.65. The highest BCUT2D eigenvalue weighted by Crippen LogP contribution is 2.18. The molecule has 6 heteroatoms. The minimum atomic E-state index is -0.0239. The Kier molecular flexibility index (Phi) is 10.4. The lowest BCUT2D eigenvalue weighted by Gasteiger charge is -2.24. The molecule has 0 radical (unpaired) electrons. The summed E-state index contributed by atoms with van der Waals surface area (Å²) in [6.45, 7) is 8.61. The smallest absolute Gasteiger partial charge is 0.243 e. The molecule has 0 heterocycles. The molecule has 1 rings (SSSR count). The Hall–Kier alpha value is -2.08. The number of ether oxygens (including phenoxy) is 1. The molecule has 2 unspecified atom stereocenters. The zero-order valence-corrected chi connectivity index (χ0v) is 16.8. The SMILES string of the molecule is CCOCCCNC(=NCC(=O)N(C)C)NC(C)C(C)c1ccccc1. The van der Waals surface area contributed by atoms with Gasteiger partial charge < -0.3 is 20.3 Å². The lowest BCUT2D eigenvalue weighted by Crippen LogP contribution is -2.45. The molecule has 1 aromatic carbocycles. The highest BCUT2D eigenvalue weighted by atomic mass is 16.5. The van der Waals surface area contributed by atoms with Crippen LogP contribution in [0.3, 0.4) is 0 Å². The van der Waals surface area contributed by atoms with Crippen LogP contribution in [-0.2, 0) is 9.53 Å². The Morgan fingerprint density at radius 2 is 1.92 bits per heavy atom. The van der Waals surface area contributed by atoms with Crippen molar-refractivity contribution < 1.29 is 9.53 Å². The lowest BCUT2D eigenvalue weighted by atomic mass is 9.94. The van der Waals surface area contributed by atoms with Gasteiger partial charge in [0, 0.05) is 45.8 Å². The molecule has 2 atom stereocenters. The van der Waals surface area contributed by atoms with Crippen molar-refractivity contribution >= 4 is 11.9 Å². The van der Waals surface area contributed by atoms with Gasteiger partial charge in [0.1, 0.15) is 6.54 Å². The Labute approximate surface area is 158 Å². The van der Waals surface area contributed by atoms with Crippen molar-refractivity contribution in [3.63, 3.8) is 0 Å². The molecule has 1 aromatic rings. The van der Waals surface area contributed by atoms with Gasteiger partial charge in [-0.3, -0.25) is 4.79 Å². The summed E-state index contributed by atoms with van der Waals surface area (Å²) >= 11 is 0. The van der Waals surface area contributed by atoms with Gasteiger partial charge in [0.25, 0.3) is 0 Å². The van der Waals surface area contributed by atoms with E-state index in [-0.39, 0.29) is 18.5 Å². The third kappa shape index (κ3) is 8.34. The predicted octanol–water partition coefficient (Wildman–Crippen LogP) is 2.23. The largest absolute Gasteiger partial charge is 0.382 e. The van der Waals surface area contributed by atoms with Crippen molar-refractivity contribution in [3.8, 4) is 0 Å². The van der Waals surface area contributed by atoms with Crippen molar-refractivity contribution in [2.75, 3.05) is 40.4 Å². The van der Waals surface area contributed by atoms with Gasteiger partial charge in [0.2, 0.25) is 5.91 Å². The Morgan fingerprint density at radius 1 is 1.23 bits per heavy atom. The van der Waals surface area contributed by atoms with Crippen LogP contribution >= 0.6 is 0 Å². The molecule has 0 saturated heterocycles. The van der Waals surface area contributed by atoms with Crippen LogP contribution in [0.4, 0.5) is 0 Å². The maximum absolute atomic E-state index is 11.8. The first-order chi connectivity index (χ1) is 12.5. The first-order valence-corrected chi connectivity index (χ1v) is 9.33. The van der Waals surface area contributed by atoms with Crippen molar-refractivity contribution in [1.82, 2.24) is 15.5 Å². The summed E-state index contributed by atoms with van der Waals surface area (Å²) in [6, 6.07) is 10.6. The molecule has 6 nitrogen and oxygen atoms in total. The quantitative estimate of drug-likeness (QED) is 0.381. The minimum Gasteiger partial charge on any atom is -0.382 e. The van der Waals surface area contributed by atoms with Crippen molar-refractivity contribution in [3.05, 3.63) is 35.9 Å². The van der Waals surface area contributed by atoms with Crippen LogP contribution in [0.2, 0.25) is 0 Å². The van der Waals surface area contributed by atoms with Crippen LogP contribution in [0.1, 0.15) is 38.7 Å². The molecule has 0 aliphatic rings. The number of amides is 1. The van der Waals surface area contributed by atoms with Crippen molar-refractivity contribution in [2.24, 2.45) is 4.99 Å². The van der Waals surface area contributed by atoms with Gasteiger partial charge in [-0.25, -0.2) is 4.99 Å². The minimum absolute atomic E-state index is 0.0239. The summed E-state index contributed by atoms with van der Waals surface area (Å²) in [7, 11) is 3.47. The fourth-order valence-corrected chi connectivity index (χ4v) is 2.35. The molecule has 146 valence electrons. The zero-order chi connectivity index (χ0) is 19.4. The molecule has 0 fully saturated rings. The Balaban J connectivity index is 2.66. The molecule has 2 N–H and O–H groups in total. The number of likely N-dealkylation sites (N-methyl/N-ethyl adjacent to an activating group) is 1. The molecular formula is C20H34N4O2. The molecule has 0 aliphatic heterocycles. The van der Waals surface area contributed by atoms with E-state index in [4.69, 9.17) is 4.74 Å². The molecule has 0 aromatic heterocycles. The predicted molar refractivity (Wildman–Crippen MR) is 108 cm³/mol. The number of hydrogen-bond donors (Lipinski definition) is 2. The fourth-order valence-electron chi connectivity index (χ4n) is 2.35. The van der Waals surface area contributed by atoms with Crippen LogP contribution in [0.25, 0.3) is 0 Å². The van der Waals surface area contributed by atoms with Crippen LogP contribution in [-0.4, -0.2) is 63.2 Å². The first kappa shape index (κ1) is 22.0. The van der Waals surface area contributed by atoms with Gasteiger partial charge >= 0.3 is 0 Å². The zero-order valence-electron chi connectivity index (χ0n) is 16.8. The first-order valence-electron chi connectivity index (χ1n) is 9.33. The molecule has 1 amide bonds. The van der Waals surface area contributed by atoms with E-state index in [9.17, 15) is 4.79 Å². The lowest BCUT2D eigenvalue weighted by molar-refractivity contribution is -0.127. The van der Waals surface area contributed by atoms with Crippen molar-refractivity contribution in [1.29, 1.82) is 0 Å². The van der Waals surface area contributed by atoms with E-state index in [1.165, 1.54) is 5.56 Å². The number of benzene rings is 1. The molecular weight excluding hydrogens is 328 g/mol. The van der Waals surface area contributed by atoms with E-state index in [1.807, 2.05) is 13.0 Å². The van der Waals surface area contributed by atoms with Gasteiger partial charge in [0.05, 0.1) is 0 Å². The fraction of sp³-hybridized carbons (Fsp3) is 0.600. The van der Waals surface area contributed by atoms with Gasteiger partial charge in [-0.2, -0.15) is 0 Å². The number of hydrogen-bond acceptors (Lipinski definition) is 3. The molecule has 26 heavy (non-hydrogen) atoms. The van der Waals surface area contributed by atoms with Crippen LogP contribution in [0.5, 0.6) is 0 Å². The summed E-state index contributed by atoms with van der Waals surface area (Å²) in [5.74, 6) is 0.951. The maximum Gasteiger partial charge on any atom is 0.243 e. The van der Waals surface area contributed by atoms with E-state index in [0.29, 0.717) is 18.5 Å². The number of nitrogens with one attached hydrogen (secondary N) is 2. The normalized spacial score (nSPS) is 13.8. The number of guanidine groups is 1. The van der Waals surface area contributed by atoms with E-state index < -0.39 is 0 Å². The third-order valence-corrected chi connectivity index (χ3v) is 4.27. The number of aliphatic imine (C=N–C) groups is 1. The Bertz CT molecular complexity index is 546. The van der Waals surface area contributed by atoms with Gasteiger partial charge in [0.15, 0.2) is 5.96 Å². The second kappa shape index (κ2) is 12.3. The molecule has 0 saturated carbocycles. The van der Waals surface area contributed by atoms with Gasteiger partial charge in [-0.15, -0.1) is 0 Å². The van der Waals surface area contributed by atoms with Gasteiger partial charge in [-0.1, -0.05) is 37.3 Å². The summed E-state index contributed by atoms with van der Waals surface area (Å²) in [4.78, 5) is 17.8. The van der Waals surface area contributed by atoms with Crippen molar-refractivity contribution in [2.45, 2.75) is 39.2 Å². The highest BCUT2D eigenvalue weighted by molar-refractivity contribution is 5.84. The topological polar surface area (TPSA) is 66.0 Å². The van der Waals surface area contributed by atoms with E-state index in [2.05, 4.69) is 53.7 Å². The molecule has 0 spiro atoms. The van der Waals surface area contributed by atoms with E-state index >= 15 is 0 Å². The molecule has 0 bridgehead atoms. The standard InChI is InChI=1S/C20H34N4O2/c1-6-26-14-10-13-21-20(22-15-19(25)24(4)5)23-17(3)16(2)18-11-8-7-9-12-18/h7-9,11-12,16-17H,6,10,13-15H2,1-5H3,(H2,21,22,23). The monoisotopic (exact) mass is 362 g/mol. The molecule has 0 aliphatic carbocycles. The average molecular weight is 363 g/mol. The Morgan fingerprint density at radius 3 is 2.54 bits per heavy atom. The van der Waals surface area contributed by atoms with E-state index in [0.717, 1.165) is 19.6 Å². The number of carbonyl (C=O) groups is 1. The van der Waals surface area contributed by atoms with Crippen LogP contribution in [0.15, 0.2) is 35.3 Å². The maximum atomic E-state index is 11.8. The van der Waals surface area contributed by atoms with E-state index in [1.54, 1.807) is 19.0 Å². The summed E-state index contributed by atoms with van der Waals surface area (Å²) in [5, 5.41) is 6.73. The second-order valence-corrected chi connectivity index (χ2v) is 6.56.